The van der Waals surface area contributed by atoms with Crippen LogP contribution in [0.1, 0.15) is 12.5 Å². The summed E-state index contributed by atoms with van der Waals surface area (Å²) in [6, 6.07) is 8.66. The van der Waals surface area contributed by atoms with Gasteiger partial charge >= 0.3 is 0 Å². The summed E-state index contributed by atoms with van der Waals surface area (Å²) in [4.78, 5) is 22.1. The van der Waals surface area contributed by atoms with Crippen molar-refractivity contribution >= 4 is 23.6 Å². The van der Waals surface area contributed by atoms with Crippen molar-refractivity contribution in [2.45, 2.75) is 6.92 Å². The quantitative estimate of drug-likeness (QED) is 0.620. The Balaban J connectivity index is 2.92. The third-order valence-electron chi connectivity index (χ3n) is 2.13. The molecule has 0 radical (unpaired) electrons. The van der Waals surface area contributed by atoms with Crippen molar-refractivity contribution in [1.29, 1.82) is 5.26 Å². The van der Waals surface area contributed by atoms with Crippen LogP contribution >= 0.6 is 0 Å². The van der Waals surface area contributed by atoms with E-state index in [1.165, 1.54) is 20.0 Å². The summed E-state index contributed by atoms with van der Waals surface area (Å²) in [7, 11) is 1.47. The van der Waals surface area contributed by atoms with Gasteiger partial charge in [-0.2, -0.15) is 5.26 Å². The molecule has 92 valence electrons. The van der Waals surface area contributed by atoms with Gasteiger partial charge in [0.15, 0.2) is 0 Å². The van der Waals surface area contributed by atoms with Gasteiger partial charge in [-0.1, -0.05) is 12.1 Å². The average Bonchev–Trinajstić information content (AvgIpc) is 2.36. The fourth-order valence-electron chi connectivity index (χ4n) is 1.32. The van der Waals surface area contributed by atoms with Crippen molar-refractivity contribution in [3.8, 4) is 6.07 Å². The molecule has 5 nitrogen and oxygen atoms in total. The Labute approximate surface area is 105 Å². The van der Waals surface area contributed by atoms with Crippen LogP contribution in [0.5, 0.6) is 0 Å². The molecule has 0 aliphatic heterocycles. The number of carbonyl (C=O) groups excluding carboxylic acids is 2. The van der Waals surface area contributed by atoms with Crippen molar-refractivity contribution in [1.82, 2.24) is 5.32 Å². The molecule has 0 bridgehead atoms. The molecular weight excluding hydrogens is 230 g/mol. The molecule has 0 saturated carbocycles. The maximum atomic E-state index is 11.3. The minimum atomic E-state index is -0.427. The van der Waals surface area contributed by atoms with Crippen molar-refractivity contribution in [2.24, 2.45) is 0 Å². The molecule has 0 aliphatic carbocycles. The first-order valence-corrected chi connectivity index (χ1v) is 5.28. The van der Waals surface area contributed by atoms with E-state index in [2.05, 4.69) is 10.6 Å². The van der Waals surface area contributed by atoms with E-state index in [1.54, 1.807) is 24.3 Å². The standard InChI is InChI=1S/C13H13N3O2/c1-9(17)16-12-5-3-10(4-6-12)7-11(8-14)13(18)15-2/h3-7H,1-2H3,(H,15,18)(H,16,17)/b11-7+. The molecule has 5 heteroatoms. The number of nitriles is 1. The second-order valence-corrected chi connectivity index (χ2v) is 3.55. The topological polar surface area (TPSA) is 82.0 Å². The third-order valence-corrected chi connectivity index (χ3v) is 2.13. The molecule has 0 aromatic heterocycles. The van der Waals surface area contributed by atoms with Crippen LogP contribution in [0.3, 0.4) is 0 Å². The smallest absolute Gasteiger partial charge is 0.261 e. The minimum Gasteiger partial charge on any atom is -0.354 e. The van der Waals surface area contributed by atoms with Crippen molar-refractivity contribution in [3.63, 3.8) is 0 Å². The van der Waals surface area contributed by atoms with Gasteiger partial charge in [0.05, 0.1) is 0 Å². The minimum absolute atomic E-state index is 0.0322. The molecule has 0 aliphatic rings. The number of amides is 2. The zero-order valence-electron chi connectivity index (χ0n) is 10.2. The first kappa shape index (κ1) is 13.5. The second-order valence-electron chi connectivity index (χ2n) is 3.55. The lowest BCUT2D eigenvalue weighted by atomic mass is 10.1. The van der Waals surface area contributed by atoms with Crippen LogP contribution in [0.25, 0.3) is 6.08 Å². The molecule has 0 fully saturated rings. The molecule has 18 heavy (non-hydrogen) atoms. The zero-order chi connectivity index (χ0) is 13.5. The van der Waals surface area contributed by atoms with Gasteiger partial charge in [-0.25, -0.2) is 0 Å². The first-order valence-electron chi connectivity index (χ1n) is 5.28. The Bertz CT molecular complexity index is 524. The van der Waals surface area contributed by atoms with Gasteiger partial charge in [-0.05, 0) is 23.8 Å². The van der Waals surface area contributed by atoms with Crippen LogP contribution in [0.2, 0.25) is 0 Å². The summed E-state index contributed by atoms with van der Waals surface area (Å²) in [5.74, 6) is -0.579. The monoisotopic (exact) mass is 243 g/mol. The molecular formula is C13H13N3O2. The highest BCUT2D eigenvalue weighted by Gasteiger charge is 2.05. The van der Waals surface area contributed by atoms with Crippen molar-refractivity contribution < 1.29 is 9.59 Å². The number of hydrogen-bond donors (Lipinski definition) is 2. The Kier molecular flexibility index (Phi) is 4.64. The van der Waals surface area contributed by atoms with Gasteiger partial charge < -0.3 is 10.6 Å². The zero-order valence-corrected chi connectivity index (χ0v) is 10.2. The van der Waals surface area contributed by atoms with Gasteiger partial charge in [0, 0.05) is 19.7 Å². The summed E-state index contributed by atoms with van der Waals surface area (Å²) in [5.41, 5.74) is 1.41. The van der Waals surface area contributed by atoms with Gasteiger partial charge in [0.1, 0.15) is 11.6 Å². The van der Waals surface area contributed by atoms with E-state index in [0.717, 1.165) is 0 Å². The Morgan fingerprint density at radius 2 is 1.89 bits per heavy atom. The number of hydrogen-bond acceptors (Lipinski definition) is 3. The van der Waals surface area contributed by atoms with E-state index < -0.39 is 5.91 Å². The molecule has 0 heterocycles. The number of nitrogens with zero attached hydrogens (tertiary/aromatic N) is 1. The molecule has 1 aromatic rings. The van der Waals surface area contributed by atoms with E-state index in [9.17, 15) is 9.59 Å². The summed E-state index contributed by atoms with van der Waals surface area (Å²) >= 11 is 0. The molecule has 1 aromatic carbocycles. The number of rotatable bonds is 3. The number of nitrogens with one attached hydrogen (secondary N) is 2. The van der Waals surface area contributed by atoms with E-state index in [0.29, 0.717) is 11.3 Å². The summed E-state index contributed by atoms with van der Waals surface area (Å²) in [6.07, 6.45) is 1.48. The highest BCUT2D eigenvalue weighted by atomic mass is 16.2. The van der Waals surface area contributed by atoms with Crippen molar-refractivity contribution in [3.05, 3.63) is 35.4 Å². The highest BCUT2D eigenvalue weighted by molar-refractivity contribution is 6.01. The summed E-state index contributed by atoms with van der Waals surface area (Å²) < 4.78 is 0. The van der Waals surface area contributed by atoms with Crippen LogP contribution in [0, 0.1) is 11.3 Å². The van der Waals surface area contributed by atoms with Gasteiger partial charge in [-0.3, -0.25) is 9.59 Å². The van der Waals surface area contributed by atoms with Gasteiger partial charge in [0.2, 0.25) is 5.91 Å². The lowest BCUT2D eigenvalue weighted by molar-refractivity contribution is -0.116. The summed E-state index contributed by atoms with van der Waals surface area (Å²) in [5, 5.41) is 13.8. The van der Waals surface area contributed by atoms with Crippen molar-refractivity contribution in [2.75, 3.05) is 12.4 Å². The second kappa shape index (κ2) is 6.21. The van der Waals surface area contributed by atoms with E-state index in [1.807, 2.05) is 6.07 Å². The Morgan fingerprint density at radius 3 is 2.33 bits per heavy atom. The predicted molar refractivity (Wildman–Crippen MR) is 68.4 cm³/mol. The fourth-order valence-corrected chi connectivity index (χ4v) is 1.32. The SMILES string of the molecule is CNC(=O)/C(C#N)=C/c1ccc(NC(C)=O)cc1. The molecule has 0 atom stereocenters. The summed E-state index contributed by atoms with van der Waals surface area (Å²) in [6.45, 7) is 1.42. The molecule has 0 unspecified atom stereocenters. The predicted octanol–water partition coefficient (Wildman–Crippen LogP) is 1.30. The third kappa shape index (κ3) is 3.76. The van der Waals surface area contributed by atoms with Crippen LogP contribution < -0.4 is 10.6 Å². The molecule has 1 rings (SSSR count). The molecule has 2 amide bonds. The molecule has 2 N–H and O–H groups in total. The van der Waals surface area contributed by atoms with Crippen LogP contribution in [0.4, 0.5) is 5.69 Å². The fraction of sp³-hybridized carbons (Fsp3) is 0.154. The van der Waals surface area contributed by atoms with Gasteiger partial charge in [0.25, 0.3) is 5.91 Å². The largest absolute Gasteiger partial charge is 0.354 e. The Hall–Kier alpha value is -2.61. The lowest BCUT2D eigenvalue weighted by Gasteiger charge is -2.02. The van der Waals surface area contributed by atoms with Crippen LogP contribution in [-0.2, 0) is 9.59 Å². The number of carbonyl (C=O) groups is 2. The number of likely N-dealkylation sites (N-methyl/N-ethyl adjacent to an activating group) is 1. The van der Waals surface area contributed by atoms with E-state index in [4.69, 9.17) is 5.26 Å². The van der Waals surface area contributed by atoms with E-state index >= 15 is 0 Å². The highest BCUT2D eigenvalue weighted by Crippen LogP contribution is 2.12. The average molecular weight is 243 g/mol. The first-order chi connectivity index (χ1) is 8.56. The van der Waals surface area contributed by atoms with Gasteiger partial charge in [-0.15, -0.1) is 0 Å². The number of benzene rings is 1. The maximum absolute atomic E-state index is 11.3. The maximum Gasteiger partial charge on any atom is 0.261 e. The van der Waals surface area contributed by atoms with Crippen LogP contribution in [-0.4, -0.2) is 18.9 Å². The molecule has 0 spiro atoms. The Morgan fingerprint density at radius 1 is 1.28 bits per heavy atom. The molecule has 0 saturated heterocycles. The normalized spacial score (nSPS) is 10.4. The van der Waals surface area contributed by atoms with E-state index in [-0.39, 0.29) is 11.5 Å². The lowest BCUT2D eigenvalue weighted by Crippen LogP contribution is -2.19. The van der Waals surface area contributed by atoms with Crippen LogP contribution in [0.15, 0.2) is 29.8 Å². The number of anilines is 1.